The number of aromatic nitrogens is 2. The fourth-order valence-electron chi connectivity index (χ4n) is 4.33. The van der Waals surface area contributed by atoms with Crippen molar-refractivity contribution in [2.45, 2.75) is 57.7 Å². The molecule has 3 N–H and O–H groups in total. The minimum absolute atomic E-state index is 0.171. The summed E-state index contributed by atoms with van der Waals surface area (Å²) in [6, 6.07) is 8.18. The molecule has 1 saturated heterocycles. The van der Waals surface area contributed by atoms with Gasteiger partial charge >= 0.3 is 0 Å². The number of rotatable bonds is 6. The molecule has 6 nitrogen and oxygen atoms in total. The molecule has 27 heavy (non-hydrogen) atoms. The Hall–Kier alpha value is -2.18. The molecule has 0 bridgehead atoms. The zero-order chi connectivity index (χ0) is 18.9. The molecule has 1 aliphatic heterocycles. The van der Waals surface area contributed by atoms with E-state index in [1.54, 1.807) is 4.90 Å². The molecule has 1 aromatic heterocycles. The van der Waals surface area contributed by atoms with Gasteiger partial charge in [0.05, 0.1) is 5.69 Å². The molecule has 4 rings (SSSR count). The van der Waals surface area contributed by atoms with E-state index in [1.807, 2.05) is 25.1 Å². The van der Waals surface area contributed by atoms with Crippen LogP contribution < -0.4 is 5.32 Å². The number of nitrogens with zero attached hydrogens (tertiary/aromatic N) is 2. The molecule has 1 atom stereocenters. The van der Waals surface area contributed by atoms with Crippen LogP contribution in [-0.2, 0) is 30.7 Å². The molecular weight excluding hydrogens is 340 g/mol. The number of nitrogens with one attached hydrogen (secondary N) is 2. The third kappa shape index (κ3) is 3.77. The van der Waals surface area contributed by atoms with Gasteiger partial charge in [-0.15, -0.1) is 0 Å². The van der Waals surface area contributed by atoms with E-state index < -0.39 is 5.60 Å². The number of amides is 1. The number of piperidine rings is 1. The fourth-order valence-corrected chi connectivity index (χ4v) is 4.33. The molecule has 0 saturated carbocycles. The number of fused-ring (bicyclic) bond motifs is 1. The van der Waals surface area contributed by atoms with Crippen LogP contribution in [0.4, 0.5) is 0 Å². The van der Waals surface area contributed by atoms with Crippen LogP contribution in [0, 0.1) is 6.92 Å². The summed E-state index contributed by atoms with van der Waals surface area (Å²) in [5.74, 6) is -0.171. The van der Waals surface area contributed by atoms with E-state index in [0.717, 1.165) is 30.5 Å². The maximum atomic E-state index is 12.9. The van der Waals surface area contributed by atoms with Crippen LogP contribution in [0.1, 0.15) is 47.3 Å². The number of benzene rings is 1. The Morgan fingerprint density at radius 2 is 2.22 bits per heavy atom. The van der Waals surface area contributed by atoms with E-state index in [-0.39, 0.29) is 12.5 Å². The second-order valence-corrected chi connectivity index (χ2v) is 7.94. The van der Waals surface area contributed by atoms with Crippen molar-refractivity contribution < 1.29 is 9.90 Å². The van der Waals surface area contributed by atoms with E-state index in [0.29, 0.717) is 26.1 Å². The zero-order valence-electron chi connectivity index (χ0n) is 15.9. The molecule has 6 heteroatoms. The molecule has 2 heterocycles. The number of hydrogen-bond acceptors (Lipinski definition) is 4. The first kappa shape index (κ1) is 18.2. The van der Waals surface area contributed by atoms with Crippen LogP contribution in [0.3, 0.4) is 0 Å². The van der Waals surface area contributed by atoms with Crippen molar-refractivity contribution in [1.82, 2.24) is 20.4 Å². The Morgan fingerprint density at radius 1 is 1.33 bits per heavy atom. The molecule has 1 fully saturated rings. The predicted octanol–water partition coefficient (Wildman–Crippen LogP) is 1.85. The fraction of sp³-hybridized carbons (Fsp3) is 0.524. The Morgan fingerprint density at radius 3 is 3.07 bits per heavy atom. The lowest BCUT2D eigenvalue weighted by Gasteiger charge is -2.38. The monoisotopic (exact) mass is 368 g/mol. The Balaban J connectivity index is 1.37. The Bertz CT molecular complexity index is 831. The minimum Gasteiger partial charge on any atom is -0.379 e. The van der Waals surface area contributed by atoms with Gasteiger partial charge in [-0.05, 0) is 50.2 Å². The van der Waals surface area contributed by atoms with Crippen molar-refractivity contribution in [1.29, 1.82) is 0 Å². The van der Waals surface area contributed by atoms with Gasteiger partial charge in [-0.2, -0.15) is 5.10 Å². The first-order valence-electron chi connectivity index (χ1n) is 9.88. The summed E-state index contributed by atoms with van der Waals surface area (Å²) in [4.78, 5) is 14.7. The number of carbonyl (C=O) groups excluding carboxylic acids is 1. The first-order chi connectivity index (χ1) is 13.0. The lowest BCUT2D eigenvalue weighted by Crippen LogP contribution is -2.57. The van der Waals surface area contributed by atoms with E-state index >= 15 is 0 Å². The first-order valence-corrected chi connectivity index (χ1v) is 9.88. The van der Waals surface area contributed by atoms with Gasteiger partial charge in [0.1, 0.15) is 0 Å². The van der Waals surface area contributed by atoms with E-state index in [2.05, 4.69) is 21.6 Å². The molecule has 0 spiro atoms. The van der Waals surface area contributed by atoms with Crippen LogP contribution >= 0.6 is 0 Å². The van der Waals surface area contributed by atoms with Crippen molar-refractivity contribution in [3.8, 4) is 0 Å². The summed E-state index contributed by atoms with van der Waals surface area (Å²) in [6.07, 6.45) is 4.62. The van der Waals surface area contributed by atoms with Gasteiger partial charge in [-0.1, -0.05) is 29.8 Å². The molecule has 2 aromatic rings. The summed E-state index contributed by atoms with van der Waals surface area (Å²) < 4.78 is 0. The number of aliphatic hydroxyl groups is 1. The highest BCUT2D eigenvalue weighted by atomic mass is 16.3. The van der Waals surface area contributed by atoms with Gasteiger partial charge in [0.15, 0.2) is 5.60 Å². The molecule has 1 aliphatic carbocycles. The van der Waals surface area contributed by atoms with Crippen molar-refractivity contribution in [2.75, 3.05) is 13.1 Å². The standard InChI is InChI=1S/C21H28N4O2/c1-15-5-2-6-16(11-15)13-25-10-4-9-21(27,20(25)26)14-22-12-19-17-7-3-8-18(17)23-24-19/h2,5-6,11,22,27H,3-4,7-10,12-14H2,1H3,(H,23,24). The number of aryl methyl sites for hydroxylation is 2. The van der Waals surface area contributed by atoms with Gasteiger partial charge < -0.3 is 15.3 Å². The summed E-state index contributed by atoms with van der Waals surface area (Å²) in [6.45, 7) is 4.14. The molecular formula is C21H28N4O2. The quantitative estimate of drug-likeness (QED) is 0.727. The lowest BCUT2D eigenvalue weighted by molar-refractivity contribution is -0.157. The van der Waals surface area contributed by atoms with Crippen molar-refractivity contribution in [3.05, 3.63) is 52.3 Å². The summed E-state index contributed by atoms with van der Waals surface area (Å²) in [7, 11) is 0. The minimum atomic E-state index is -1.33. The van der Waals surface area contributed by atoms with Crippen LogP contribution in [0.5, 0.6) is 0 Å². The third-order valence-electron chi connectivity index (χ3n) is 5.76. The molecule has 1 aromatic carbocycles. The van der Waals surface area contributed by atoms with Gasteiger partial charge in [-0.25, -0.2) is 0 Å². The molecule has 144 valence electrons. The SMILES string of the molecule is Cc1cccc(CN2CCCC(O)(CNCc3n[nH]c4c3CCC4)C2=O)c1. The zero-order valence-corrected chi connectivity index (χ0v) is 15.9. The van der Waals surface area contributed by atoms with Crippen LogP contribution in [0.25, 0.3) is 0 Å². The number of aromatic amines is 1. The highest BCUT2D eigenvalue weighted by Gasteiger charge is 2.41. The lowest BCUT2D eigenvalue weighted by atomic mass is 9.91. The van der Waals surface area contributed by atoms with Crippen molar-refractivity contribution in [2.24, 2.45) is 0 Å². The van der Waals surface area contributed by atoms with Gasteiger partial charge in [0, 0.05) is 31.9 Å². The summed E-state index contributed by atoms with van der Waals surface area (Å²) >= 11 is 0. The maximum Gasteiger partial charge on any atom is 0.256 e. The van der Waals surface area contributed by atoms with E-state index in [4.69, 9.17) is 0 Å². The van der Waals surface area contributed by atoms with Crippen LogP contribution in [0.2, 0.25) is 0 Å². The second-order valence-electron chi connectivity index (χ2n) is 7.94. The number of carbonyl (C=O) groups is 1. The highest BCUT2D eigenvalue weighted by Crippen LogP contribution is 2.25. The summed E-state index contributed by atoms with van der Waals surface area (Å²) in [5.41, 5.74) is 4.52. The average Bonchev–Trinajstić information content (AvgIpc) is 3.24. The third-order valence-corrected chi connectivity index (χ3v) is 5.76. The Labute approximate surface area is 160 Å². The highest BCUT2D eigenvalue weighted by molar-refractivity contribution is 5.86. The van der Waals surface area contributed by atoms with E-state index in [9.17, 15) is 9.90 Å². The molecule has 2 aliphatic rings. The summed E-state index contributed by atoms with van der Waals surface area (Å²) in [5, 5.41) is 21.7. The van der Waals surface area contributed by atoms with Crippen molar-refractivity contribution in [3.63, 3.8) is 0 Å². The second kappa shape index (κ2) is 7.44. The predicted molar refractivity (Wildman–Crippen MR) is 103 cm³/mol. The molecule has 1 unspecified atom stereocenters. The van der Waals surface area contributed by atoms with Gasteiger partial charge in [-0.3, -0.25) is 9.89 Å². The smallest absolute Gasteiger partial charge is 0.256 e. The van der Waals surface area contributed by atoms with Gasteiger partial charge in [0.25, 0.3) is 5.91 Å². The average molecular weight is 368 g/mol. The largest absolute Gasteiger partial charge is 0.379 e. The van der Waals surface area contributed by atoms with Crippen LogP contribution in [0.15, 0.2) is 24.3 Å². The Kier molecular flexibility index (Phi) is 5.02. The molecule has 0 radical (unpaired) electrons. The van der Waals surface area contributed by atoms with Crippen molar-refractivity contribution >= 4 is 5.91 Å². The molecule has 1 amide bonds. The maximum absolute atomic E-state index is 12.9. The normalized spacial score (nSPS) is 22.3. The number of H-pyrrole nitrogens is 1. The topological polar surface area (TPSA) is 81.2 Å². The van der Waals surface area contributed by atoms with E-state index in [1.165, 1.54) is 23.2 Å². The van der Waals surface area contributed by atoms with Gasteiger partial charge in [0.2, 0.25) is 0 Å². The van der Waals surface area contributed by atoms with Crippen LogP contribution in [-0.4, -0.2) is 44.8 Å². The number of hydrogen-bond donors (Lipinski definition) is 3. The number of likely N-dealkylation sites (tertiary alicyclic amines) is 1.